The third-order valence-electron chi connectivity index (χ3n) is 6.66. The second kappa shape index (κ2) is 11.7. The lowest BCUT2D eigenvalue weighted by Gasteiger charge is -2.16. The molecule has 3 heterocycles. The number of nitrogens with one attached hydrogen (secondary N) is 1. The van der Waals surface area contributed by atoms with Gasteiger partial charge in [-0.15, -0.1) is 5.10 Å². The molecule has 40 heavy (non-hydrogen) atoms. The summed E-state index contributed by atoms with van der Waals surface area (Å²) in [5, 5.41) is 20.1. The van der Waals surface area contributed by atoms with Crippen molar-refractivity contribution in [2.24, 2.45) is 0 Å². The number of pyridine rings is 1. The smallest absolute Gasteiger partial charge is 0.334 e. The van der Waals surface area contributed by atoms with Crippen molar-refractivity contribution in [3.8, 4) is 5.75 Å². The lowest BCUT2D eigenvalue weighted by Crippen LogP contribution is -2.10. The molecular weight excluding hydrogens is 534 g/mol. The topological polar surface area (TPSA) is 121 Å². The first kappa shape index (κ1) is 27.0. The number of methoxy groups -OCH3 is 1. The number of ether oxygens (including phenoxy) is 2. The Morgan fingerprint density at radius 3 is 2.65 bits per heavy atom. The second-order valence-corrected chi connectivity index (χ2v) is 9.56. The van der Waals surface area contributed by atoms with Crippen molar-refractivity contribution in [3.63, 3.8) is 0 Å². The molecule has 1 N–H and O–H groups in total. The number of nitro groups is 1. The monoisotopic (exact) mass is 559 g/mol. The van der Waals surface area contributed by atoms with Crippen LogP contribution in [0.2, 0.25) is 5.02 Å². The number of rotatable bonds is 9. The molecule has 5 rings (SSSR count). The van der Waals surface area contributed by atoms with Crippen LogP contribution in [0.4, 0.5) is 17.2 Å². The zero-order chi connectivity index (χ0) is 28.2. The second-order valence-electron chi connectivity index (χ2n) is 9.15. The van der Waals surface area contributed by atoms with Gasteiger partial charge in [-0.3, -0.25) is 24.6 Å². The highest BCUT2D eigenvalue weighted by Gasteiger charge is 2.27. The average molecular weight is 560 g/mol. The Labute approximate surface area is 235 Å². The third-order valence-corrected chi connectivity index (χ3v) is 6.99. The molecule has 1 aliphatic heterocycles. The molecule has 10 nitrogen and oxygen atoms in total. The van der Waals surface area contributed by atoms with Gasteiger partial charge in [0, 0.05) is 11.8 Å². The first-order chi connectivity index (χ1) is 19.4. The average Bonchev–Trinajstić information content (AvgIpc) is 3.27. The minimum atomic E-state index is -0.478. The Morgan fingerprint density at radius 2 is 1.98 bits per heavy atom. The molecule has 1 aliphatic rings. The molecule has 0 aliphatic carbocycles. The Morgan fingerprint density at radius 1 is 1.20 bits per heavy atom. The summed E-state index contributed by atoms with van der Waals surface area (Å²) in [5.41, 5.74) is 3.50. The SMILES string of the molecule is COc1ccc(Cn2nc(Nc3cc(C4=CCOCC4)ncc3C(=O)c3ccccc3Cl)c([N+](=O)[O-])c2C)cc1. The summed E-state index contributed by atoms with van der Waals surface area (Å²) in [5.74, 6) is 0.352. The molecule has 0 fully saturated rings. The normalized spacial score (nSPS) is 13.0. The van der Waals surface area contributed by atoms with E-state index in [-0.39, 0.29) is 22.9 Å². The van der Waals surface area contributed by atoms with Crippen LogP contribution in [-0.4, -0.2) is 45.8 Å². The molecule has 0 atom stereocenters. The van der Waals surface area contributed by atoms with Gasteiger partial charge in [0.2, 0.25) is 5.82 Å². The van der Waals surface area contributed by atoms with Gasteiger partial charge in [0.15, 0.2) is 5.78 Å². The maximum absolute atomic E-state index is 13.6. The molecule has 0 amide bonds. The first-order valence-corrected chi connectivity index (χ1v) is 12.9. The van der Waals surface area contributed by atoms with Crippen molar-refractivity contribution in [1.82, 2.24) is 14.8 Å². The Balaban J connectivity index is 1.57. The van der Waals surface area contributed by atoms with Crippen molar-refractivity contribution in [1.29, 1.82) is 0 Å². The maximum Gasteiger partial charge on any atom is 0.334 e. The molecule has 204 valence electrons. The van der Waals surface area contributed by atoms with E-state index < -0.39 is 4.92 Å². The number of hydrogen-bond donors (Lipinski definition) is 1. The zero-order valence-corrected chi connectivity index (χ0v) is 22.6. The fraction of sp³-hybridized carbons (Fsp3) is 0.207. The molecule has 0 spiro atoms. The van der Waals surface area contributed by atoms with E-state index in [0.29, 0.717) is 59.6 Å². The van der Waals surface area contributed by atoms with E-state index in [2.05, 4.69) is 15.4 Å². The fourth-order valence-corrected chi connectivity index (χ4v) is 4.71. The lowest BCUT2D eigenvalue weighted by molar-refractivity contribution is -0.384. The van der Waals surface area contributed by atoms with Crippen LogP contribution >= 0.6 is 11.6 Å². The lowest BCUT2D eigenvalue weighted by atomic mass is 10.0. The summed E-state index contributed by atoms with van der Waals surface area (Å²) < 4.78 is 12.2. The van der Waals surface area contributed by atoms with Crippen LogP contribution in [0.3, 0.4) is 0 Å². The molecule has 2 aromatic heterocycles. The van der Waals surface area contributed by atoms with Gasteiger partial charge in [0.25, 0.3) is 0 Å². The van der Waals surface area contributed by atoms with Crippen LogP contribution in [-0.2, 0) is 11.3 Å². The van der Waals surface area contributed by atoms with Gasteiger partial charge < -0.3 is 14.8 Å². The highest BCUT2D eigenvalue weighted by atomic mass is 35.5. The van der Waals surface area contributed by atoms with Crippen molar-refractivity contribution in [2.45, 2.75) is 19.9 Å². The van der Waals surface area contributed by atoms with Crippen molar-refractivity contribution in [3.05, 3.63) is 110 Å². The van der Waals surface area contributed by atoms with E-state index in [1.807, 2.05) is 30.3 Å². The number of nitrogens with zero attached hydrogens (tertiary/aromatic N) is 4. The van der Waals surface area contributed by atoms with E-state index in [9.17, 15) is 14.9 Å². The van der Waals surface area contributed by atoms with Crippen LogP contribution in [0, 0.1) is 17.0 Å². The number of carbonyl (C=O) groups is 1. The van der Waals surface area contributed by atoms with Gasteiger partial charge in [-0.2, -0.15) is 0 Å². The van der Waals surface area contributed by atoms with Gasteiger partial charge in [-0.05, 0) is 54.8 Å². The number of ketones is 1. The van der Waals surface area contributed by atoms with Crippen molar-refractivity contribution < 1.29 is 19.2 Å². The summed E-state index contributed by atoms with van der Waals surface area (Å²) in [6.45, 7) is 2.95. The standard InChI is InChI=1S/C29H26ClN5O5/c1-18-27(35(37)38)29(33-34(18)17-19-7-9-21(39-2)10-8-19)32-26-15-25(20-11-13-40-14-12-20)31-16-23(26)28(36)22-5-3-4-6-24(22)30/h3-11,15-16H,12-14,17H2,1-2H3,(H,31,32,33). The molecule has 2 aromatic carbocycles. The van der Waals surface area contributed by atoms with E-state index >= 15 is 0 Å². The Hall–Kier alpha value is -4.54. The minimum absolute atomic E-state index is 0.0160. The van der Waals surface area contributed by atoms with Gasteiger partial charge in [-0.25, -0.2) is 0 Å². The molecule has 4 aromatic rings. The minimum Gasteiger partial charge on any atom is -0.497 e. The van der Waals surface area contributed by atoms with E-state index in [1.54, 1.807) is 49.0 Å². The van der Waals surface area contributed by atoms with Gasteiger partial charge in [0.1, 0.15) is 11.4 Å². The summed E-state index contributed by atoms with van der Waals surface area (Å²) >= 11 is 6.32. The summed E-state index contributed by atoms with van der Waals surface area (Å²) in [4.78, 5) is 29.8. The zero-order valence-electron chi connectivity index (χ0n) is 21.9. The van der Waals surface area contributed by atoms with Gasteiger partial charge in [-0.1, -0.05) is 41.9 Å². The largest absolute Gasteiger partial charge is 0.497 e. The molecule has 11 heteroatoms. The first-order valence-electron chi connectivity index (χ1n) is 12.5. The number of anilines is 2. The Kier molecular flexibility index (Phi) is 7.90. The number of carbonyl (C=O) groups excluding carboxylic acids is 1. The van der Waals surface area contributed by atoms with E-state index in [0.717, 1.165) is 11.1 Å². The van der Waals surface area contributed by atoms with Crippen LogP contribution < -0.4 is 10.1 Å². The summed E-state index contributed by atoms with van der Waals surface area (Å²) in [6, 6.07) is 15.8. The van der Waals surface area contributed by atoms with Gasteiger partial charge >= 0.3 is 5.69 Å². The molecule has 0 unspecified atom stereocenters. The molecular formula is C29H26ClN5O5. The summed E-state index contributed by atoms with van der Waals surface area (Å²) in [6.07, 6.45) is 4.05. The number of halogens is 1. The van der Waals surface area contributed by atoms with Crippen molar-refractivity contribution in [2.75, 3.05) is 25.6 Å². The number of hydrogen-bond acceptors (Lipinski definition) is 8. The van der Waals surface area contributed by atoms with Crippen LogP contribution in [0.5, 0.6) is 5.75 Å². The fourth-order valence-electron chi connectivity index (χ4n) is 4.49. The Bertz CT molecular complexity index is 1610. The van der Waals surface area contributed by atoms with Crippen LogP contribution in [0.1, 0.15) is 39.3 Å². The molecule has 0 saturated carbocycles. The van der Waals surface area contributed by atoms with E-state index in [4.69, 9.17) is 21.1 Å². The van der Waals surface area contributed by atoms with Crippen molar-refractivity contribution >= 4 is 40.1 Å². The predicted molar refractivity (Wildman–Crippen MR) is 152 cm³/mol. The van der Waals surface area contributed by atoms with Gasteiger partial charge in [0.05, 0.1) is 53.8 Å². The van der Waals surface area contributed by atoms with E-state index in [1.165, 1.54) is 6.20 Å². The number of benzene rings is 2. The molecule has 0 radical (unpaired) electrons. The quantitative estimate of drug-likeness (QED) is 0.151. The highest BCUT2D eigenvalue weighted by Crippen LogP contribution is 2.34. The molecule has 0 bridgehead atoms. The molecule has 0 saturated heterocycles. The third kappa shape index (κ3) is 5.58. The highest BCUT2D eigenvalue weighted by molar-refractivity contribution is 6.35. The van der Waals surface area contributed by atoms with Crippen LogP contribution in [0.25, 0.3) is 5.57 Å². The predicted octanol–water partition coefficient (Wildman–Crippen LogP) is 5.98. The maximum atomic E-state index is 13.6. The summed E-state index contributed by atoms with van der Waals surface area (Å²) in [7, 11) is 1.59. The van der Waals surface area contributed by atoms with Crippen LogP contribution in [0.15, 0.2) is 66.9 Å². The number of aromatic nitrogens is 3.